The maximum absolute atomic E-state index is 12.9. The molecule has 2 N–H and O–H groups in total. The molecule has 0 bridgehead atoms. The lowest BCUT2D eigenvalue weighted by molar-refractivity contribution is 0.0511. The fraction of sp³-hybridized carbons (Fsp3) is 0.524. The van der Waals surface area contributed by atoms with E-state index in [-0.39, 0.29) is 11.3 Å². The molecule has 3 rings (SSSR count). The van der Waals surface area contributed by atoms with Gasteiger partial charge < -0.3 is 24.6 Å². The zero-order chi connectivity index (χ0) is 20.0. The predicted molar refractivity (Wildman–Crippen MR) is 105 cm³/mol. The zero-order valence-corrected chi connectivity index (χ0v) is 16.8. The van der Waals surface area contributed by atoms with Gasteiger partial charge in [-0.3, -0.25) is 4.79 Å². The third-order valence-corrected chi connectivity index (χ3v) is 5.42. The molecule has 7 nitrogen and oxygen atoms in total. The van der Waals surface area contributed by atoms with Gasteiger partial charge in [-0.25, -0.2) is 0 Å². The second kappa shape index (κ2) is 9.21. The maximum Gasteiger partial charge on any atom is 0.255 e. The number of methoxy groups -OCH3 is 1. The largest absolute Gasteiger partial charge is 0.488 e. The van der Waals surface area contributed by atoms with Crippen molar-refractivity contribution in [3.63, 3.8) is 0 Å². The third kappa shape index (κ3) is 4.72. The number of nitrogens with zero attached hydrogens (tertiary/aromatic N) is 1. The summed E-state index contributed by atoms with van der Waals surface area (Å²) in [4.78, 5) is 12.9. The molecule has 0 atom stereocenters. The monoisotopic (exact) mass is 387 g/mol. The Labute approximate surface area is 165 Å². The van der Waals surface area contributed by atoms with Gasteiger partial charge in [0, 0.05) is 19.1 Å². The first-order chi connectivity index (χ1) is 13.5. The van der Waals surface area contributed by atoms with Crippen molar-refractivity contribution in [2.45, 2.75) is 33.3 Å². The Hall–Kier alpha value is -2.38. The highest BCUT2D eigenvalue weighted by Crippen LogP contribution is 2.29. The van der Waals surface area contributed by atoms with Crippen LogP contribution in [0.3, 0.4) is 0 Å². The molecule has 1 aliphatic rings. The van der Waals surface area contributed by atoms with Gasteiger partial charge in [0.2, 0.25) is 0 Å². The van der Waals surface area contributed by atoms with E-state index in [0.29, 0.717) is 31.1 Å². The first-order valence-electron chi connectivity index (χ1n) is 9.66. The van der Waals surface area contributed by atoms with E-state index in [9.17, 15) is 4.79 Å². The number of carbonyl (C=O) groups is 1. The van der Waals surface area contributed by atoms with Crippen LogP contribution in [0.15, 0.2) is 28.8 Å². The van der Waals surface area contributed by atoms with E-state index in [1.807, 2.05) is 32.0 Å². The number of nitrogens with one attached hydrogen (secondary N) is 2. The van der Waals surface area contributed by atoms with Crippen LogP contribution >= 0.6 is 0 Å². The summed E-state index contributed by atoms with van der Waals surface area (Å²) in [6.45, 7) is 7.14. The van der Waals surface area contributed by atoms with Crippen molar-refractivity contribution in [1.29, 1.82) is 0 Å². The first-order valence-corrected chi connectivity index (χ1v) is 9.66. The van der Waals surface area contributed by atoms with Gasteiger partial charge in [0.15, 0.2) is 0 Å². The number of piperidine rings is 1. The van der Waals surface area contributed by atoms with Crippen molar-refractivity contribution in [2.75, 3.05) is 33.4 Å². The Bertz CT molecular complexity index is 772. The molecule has 1 amide bonds. The van der Waals surface area contributed by atoms with Crippen molar-refractivity contribution >= 4 is 5.91 Å². The Morgan fingerprint density at radius 3 is 2.71 bits per heavy atom. The number of aromatic nitrogens is 1. The van der Waals surface area contributed by atoms with Crippen molar-refractivity contribution in [3.8, 4) is 5.75 Å². The molecule has 2 aromatic rings. The molecular formula is C21H29N3O4. The second-order valence-corrected chi connectivity index (χ2v) is 7.45. The van der Waals surface area contributed by atoms with Crippen LogP contribution in [0.2, 0.25) is 0 Å². The number of aryl methyl sites for hydroxylation is 2. The number of carbonyl (C=O) groups excluding carboxylic acids is 1. The molecule has 0 unspecified atom stereocenters. The van der Waals surface area contributed by atoms with Crippen molar-refractivity contribution in [1.82, 2.24) is 15.8 Å². The maximum atomic E-state index is 12.9. The molecule has 1 fully saturated rings. The molecule has 1 aromatic carbocycles. The summed E-state index contributed by atoms with van der Waals surface area (Å²) in [5.74, 6) is 1.14. The number of benzene rings is 1. The molecule has 0 saturated carbocycles. The fourth-order valence-corrected chi connectivity index (χ4v) is 3.64. The summed E-state index contributed by atoms with van der Waals surface area (Å²) in [6, 6.07) is 7.29. The Morgan fingerprint density at radius 2 is 2.04 bits per heavy atom. The quantitative estimate of drug-likeness (QED) is 0.724. The van der Waals surface area contributed by atoms with E-state index in [2.05, 4.69) is 15.8 Å². The predicted octanol–water partition coefficient (Wildman–Crippen LogP) is 2.62. The van der Waals surface area contributed by atoms with E-state index in [1.54, 1.807) is 13.2 Å². The molecule has 28 heavy (non-hydrogen) atoms. The minimum atomic E-state index is -0.136. The van der Waals surface area contributed by atoms with Crippen LogP contribution in [0.25, 0.3) is 0 Å². The summed E-state index contributed by atoms with van der Waals surface area (Å²) in [6.07, 6.45) is 1.95. The number of amides is 1. The smallest absolute Gasteiger partial charge is 0.255 e. The summed E-state index contributed by atoms with van der Waals surface area (Å²) >= 11 is 0. The van der Waals surface area contributed by atoms with Gasteiger partial charge >= 0.3 is 0 Å². The number of hydrogen-bond acceptors (Lipinski definition) is 6. The Balaban J connectivity index is 1.66. The van der Waals surface area contributed by atoms with Crippen molar-refractivity contribution in [3.05, 3.63) is 46.8 Å². The Morgan fingerprint density at radius 1 is 1.29 bits per heavy atom. The molecule has 0 radical (unpaired) electrons. The normalized spacial score (nSPS) is 16.0. The van der Waals surface area contributed by atoms with Crippen LogP contribution in [-0.4, -0.2) is 44.4 Å². The lowest BCUT2D eigenvalue weighted by Crippen LogP contribution is -2.47. The van der Waals surface area contributed by atoms with E-state index in [1.165, 1.54) is 0 Å². The molecule has 0 spiro atoms. The molecule has 0 aliphatic carbocycles. The van der Waals surface area contributed by atoms with Crippen LogP contribution < -0.4 is 15.4 Å². The lowest BCUT2D eigenvalue weighted by atomic mass is 9.79. The minimum absolute atomic E-state index is 0.0256. The summed E-state index contributed by atoms with van der Waals surface area (Å²) in [5.41, 5.74) is 2.20. The minimum Gasteiger partial charge on any atom is -0.488 e. The number of para-hydroxylation sites is 1. The van der Waals surface area contributed by atoms with Gasteiger partial charge in [-0.15, -0.1) is 0 Å². The van der Waals surface area contributed by atoms with Crippen LogP contribution in [0.5, 0.6) is 5.75 Å². The number of rotatable bonds is 8. The second-order valence-electron chi connectivity index (χ2n) is 7.45. The standard InChI is InChI=1S/C21H29N3O4/c1-15-18(16(2)28-24-15)12-27-19-7-5-4-6-17(19)20(25)23-13-21(14-26-3)8-10-22-11-9-21/h4-7,22H,8-14H2,1-3H3,(H,23,25). The van der Waals surface area contributed by atoms with E-state index >= 15 is 0 Å². The van der Waals surface area contributed by atoms with Gasteiger partial charge in [-0.05, 0) is 51.9 Å². The van der Waals surface area contributed by atoms with Gasteiger partial charge in [0.25, 0.3) is 5.91 Å². The highest BCUT2D eigenvalue weighted by molar-refractivity contribution is 5.96. The first kappa shape index (κ1) is 20.4. The van der Waals surface area contributed by atoms with Crippen LogP contribution in [0, 0.1) is 19.3 Å². The van der Waals surface area contributed by atoms with Crippen LogP contribution in [-0.2, 0) is 11.3 Å². The number of hydrogen-bond donors (Lipinski definition) is 2. The third-order valence-electron chi connectivity index (χ3n) is 5.42. The highest BCUT2D eigenvalue weighted by Gasteiger charge is 2.32. The molecule has 1 aromatic heterocycles. The van der Waals surface area contributed by atoms with Gasteiger partial charge in [-0.2, -0.15) is 0 Å². The topological polar surface area (TPSA) is 85.6 Å². The SMILES string of the molecule is COCC1(CNC(=O)c2ccccc2OCc2c(C)noc2C)CCNCC1. The van der Waals surface area contributed by atoms with Crippen molar-refractivity contribution in [2.24, 2.45) is 5.41 Å². The summed E-state index contributed by atoms with van der Waals surface area (Å²) in [5, 5.41) is 10.4. The molecule has 1 saturated heterocycles. The molecule has 1 aliphatic heterocycles. The van der Waals surface area contributed by atoms with E-state index in [0.717, 1.165) is 42.9 Å². The average molecular weight is 387 g/mol. The van der Waals surface area contributed by atoms with Crippen LogP contribution in [0.4, 0.5) is 0 Å². The molecule has 152 valence electrons. The van der Waals surface area contributed by atoms with Gasteiger partial charge in [0.1, 0.15) is 18.1 Å². The zero-order valence-electron chi connectivity index (χ0n) is 16.8. The Kier molecular flexibility index (Phi) is 6.70. The number of ether oxygens (including phenoxy) is 2. The van der Waals surface area contributed by atoms with Gasteiger partial charge in [0.05, 0.1) is 23.4 Å². The highest BCUT2D eigenvalue weighted by atomic mass is 16.5. The van der Waals surface area contributed by atoms with Gasteiger partial charge in [-0.1, -0.05) is 17.3 Å². The summed E-state index contributed by atoms with van der Waals surface area (Å²) < 4.78 is 16.5. The average Bonchev–Trinajstić information content (AvgIpc) is 3.03. The molecule has 2 heterocycles. The lowest BCUT2D eigenvalue weighted by Gasteiger charge is -2.37. The molecular weight excluding hydrogens is 358 g/mol. The van der Waals surface area contributed by atoms with Crippen molar-refractivity contribution < 1.29 is 18.8 Å². The van der Waals surface area contributed by atoms with Crippen LogP contribution in [0.1, 0.15) is 40.2 Å². The fourth-order valence-electron chi connectivity index (χ4n) is 3.64. The molecule has 7 heteroatoms. The summed E-state index contributed by atoms with van der Waals surface area (Å²) in [7, 11) is 1.71. The van der Waals surface area contributed by atoms with E-state index < -0.39 is 0 Å². The van der Waals surface area contributed by atoms with E-state index in [4.69, 9.17) is 14.0 Å².